The molecule has 8 nitrogen and oxygen atoms in total. The highest BCUT2D eigenvalue weighted by molar-refractivity contribution is 7.80. The molecule has 0 amide bonds. The molecule has 176 valence electrons. The molecule has 0 aliphatic carbocycles. The Kier molecular flexibility index (Phi) is 6.96. The van der Waals surface area contributed by atoms with Gasteiger partial charge in [0.1, 0.15) is 29.3 Å². The highest BCUT2D eigenvalue weighted by Gasteiger charge is 2.36. The smallest absolute Gasteiger partial charge is 0.180 e. The van der Waals surface area contributed by atoms with Gasteiger partial charge >= 0.3 is 0 Å². The Hall–Kier alpha value is -2.96. The van der Waals surface area contributed by atoms with Gasteiger partial charge in [-0.15, -0.1) is 0 Å². The van der Waals surface area contributed by atoms with Gasteiger partial charge in [0.2, 0.25) is 0 Å². The van der Waals surface area contributed by atoms with Gasteiger partial charge < -0.3 is 25.0 Å². The SMILES string of the molecule is COC(CNC(=S)Nc1cnn2ccc(N3C[C@@H](F)C[C@@H]3c3cc(F)ccc3F)nc12)OC. The fraction of sp³-hybridized carbons (Fsp3) is 0.381. The van der Waals surface area contributed by atoms with E-state index in [4.69, 9.17) is 21.7 Å². The van der Waals surface area contributed by atoms with Crippen LogP contribution in [0.15, 0.2) is 36.7 Å². The number of rotatable bonds is 7. The summed E-state index contributed by atoms with van der Waals surface area (Å²) in [6.07, 6.45) is 1.57. The minimum atomic E-state index is -1.20. The van der Waals surface area contributed by atoms with Crippen LogP contribution in [-0.4, -0.2) is 59.5 Å². The third-order valence-corrected chi connectivity index (χ3v) is 5.67. The van der Waals surface area contributed by atoms with E-state index in [2.05, 4.69) is 20.7 Å². The molecular weight excluding hydrogens is 457 g/mol. The summed E-state index contributed by atoms with van der Waals surface area (Å²) < 4.78 is 54.3. The molecule has 1 fully saturated rings. The Labute approximate surface area is 193 Å². The first kappa shape index (κ1) is 23.2. The second kappa shape index (κ2) is 9.89. The Morgan fingerprint density at radius 3 is 2.82 bits per heavy atom. The van der Waals surface area contributed by atoms with Gasteiger partial charge in [-0.25, -0.2) is 22.7 Å². The number of nitrogens with one attached hydrogen (secondary N) is 2. The summed E-state index contributed by atoms with van der Waals surface area (Å²) in [6, 6.07) is 4.16. The zero-order chi connectivity index (χ0) is 23.5. The zero-order valence-corrected chi connectivity index (χ0v) is 18.8. The summed E-state index contributed by atoms with van der Waals surface area (Å²) in [4.78, 5) is 6.24. The lowest BCUT2D eigenvalue weighted by molar-refractivity contribution is -0.0964. The molecule has 0 radical (unpaired) electrons. The lowest BCUT2D eigenvalue weighted by Gasteiger charge is -2.26. The summed E-state index contributed by atoms with van der Waals surface area (Å²) in [5, 5.41) is 10.5. The summed E-state index contributed by atoms with van der Waals surface area (Å²) in [6.45, 7) is 0.333. The standard InChI is InChI=1S/C21H23F3N6O2S/c1-31-19(32-2)10-25-21(33)27-16-9-26-30-6-5-18(28-20(16)30)29-11-13(23)8-17(29)14-7-12(22)3-4-15(14)24/h3-7,9,13,17,19H,8,10-11H2,1-2H3,(H2,25,27,33)/t13-,17+/m0/s1. The maximum atomic E-state index is 14.4. The van der Waals surface area contributed by atoms with Crippen LogP contribution in [0.2, 0.25) is 0 Å². The third-order valence-electron chi connectivity index (χ3n) is 5.42. The van der Waals surface area contributed by atoms with E-state index >= 15 is 0 Å². The van der Waals surface area contributed by atoms with Crippen molar-refractivity contribution in [1.29, 1.82) is 0 Å². The van der Waals surface area contributed by atoms with Crippen LogP contribution in [0.4, 0.5) is 24.7 Å². The molecule has 0 saturated carbocycles. The van der Waals surface area contributed by atoms with Crippen LogP contribution < -0.4 is 15.5 Å². The van der Waals surface area contributed by atoms with Crippen molar-refractivity contribution < 1.29 is 22.6 Å². The molecule has 3 aromatic rings. The number of aromatic nitrogens is 3. The normalized spacial score (nSPS) is 18.3. The number of thiocarbonyl (C=S) groups is 1. The molecule has 2 N–H and O–H groups in total. The van der Waals surface area contributed by atoms with Crippen LogP contribution in [0.5, 0.6) is 0 Å². The van der Waals surface area contributed by atoms with Crippen molar-refractivity contribution in [2.24, 2.45) is 0 Å². The summed E-state index contributed by atoms with van der Waals surface area (Å²) in [7, 11) is 3.04. The molecule has 12 heteroatoms. The molecule has 1 aliphatic heterocycles. The van der Waals surface area contributed by atoms with Gasteiger partial charge in [0.25, 0.3) is 0 Å². The second-order valence-electron chi connectivity index (χ2n) is 7.52. The average molecular weight is 481 g/mol. The number of hydrogen-bond donors (Lipinski definition) is 2. The van der Waals surface area contributed by atoms with Gasteiger partial charge in [-0.2, -0.15) is 5.10 Å². The molecule has 0 bridgehead atoms. The van der Waals surface area contributed by atoms with Crippen molar-refractivity contribution in [3.05, 3.63) is 53.9 Å². The summed E-state index contributed by atoms with van der Waals surface area (Å²) in [5.74, 6) is -0.753. The van der Waals surface area contributed by atoms with Crippen LogP contribution in [0.1, 0.15) is 18.0 Å². The predicted octanol–water partition coefficient (Wildman–Crippen LogP) is 3.20. The highest BCUT2D eigenvalue weighted by atomic mass is 32.1. The van der Waals surface area contributed by atoms with E-state index in [1.165, 1.54) is 18.7 Å². The molecule has 3 heterocycles. The number of nitrogens with zero attached hydrogens (tertiary/aromatic N) is 4. The topological polar surface area (TPSA) is 76.0 Å². The molecule has 1 saturated heterocycles. The first-order valence-electron chi connectivity index (χ1n) is 10.2. The zero-order valence-electron chi connectivity index (χ0n) is 18.0. The van der Waals surface area contributed by atoms with E-state index in [-0.39, 0.29) is 18.5 Å². The van der Waals surface area contributed by atoms with Gasteiger partial charge in [-0.3, -0.25) is 0 Å². The molecule has 2 aromatic heterocycles. The first-order chi connectivity index (χ1) is 15.9. The number of anilines is 2. The van der Waals surface area contributed by atoms with Crippen molar-refractivity contribution in [2.45, 2.75) is 24.9 Å². The fourth-order valence-electron chi connectivity index (χ4n) is 3.82. The molecule has 4 rings (SSSR count). The van der Waals surface area contributed by atoms with Crippen molar-refractivity contribution in [3.8, 4) is 0 Å². The van der Waals surface area contributed by atoms with E-state index in [0.29, 0.717) is 28.8 Å². The lowest BCUT2D eigenvalue weighted by atomic mass is 10.0. The van der Waals surface area contributed by atoms with Crippen molar-refractivity contribution in [2.75, 3.05) is 37.5 Å². The molecule has 0 unspecified atom stereocenters. The van der Waals surface area contributed by atoms with Gasteiger partial charge in [0.15, 0.2) is 17.0 Å². The van der Waals surface area contributed by atoms with E-state index in [9.17, 15) is 13.2 Å². The Bertz CT molecular complexity index is 1140. The third kappa shape index (κ3) is 5.02. The van der Waals surface area contributed by atoms with E-state index in [1.807, 2.05) is 0 Å². The lowest BCUT2D eigenvalue weighted by Crippen LogP contribution is -2.36. The van der Waals surface area contributed by atoms with E-state index in [0.717, 1.165) is 18.2 Å². The van der Waals surface area contributed by atoms with Crippen LogP contribution in [-0.2, 0) is 9.47 Å². The molecule has 1 aromatic carbocycles. The van der Waals surface area contributed by atoms with Crippen molar-refractivity contribution in [3.63, 3.8) is 0 Å². The largest absolute Gasteiger partial charge is 0.357 e. The van der Waals surface area contributed by atoms with Gasteiger partial charge in [0.05, 0.1) is 25.3 Å². The molecular formula is C21H23F3N6O2S. The Morgan fingerprint density at radius 2 is 2.06 bits per heavy atom. The predicted molar refractivity (Wildman–Crippen MR) is 121 cm³/mol. The quantitative estimate of drug-likeness (QED) is 0.395. The monoisotopic (exact) mass is 480 g/mol. The molecule has 33 heavy (non-hydrogen) atoms. The molecule has 0 spiro atoms. The number of halogens is 3. The van der Waals surface area contributed by atoms with Crippen LogP contribution >= 0.6 is 12.2 Å². The second-order valence-corrected chi connectivity index (χ2v) is 7.92. The van der Waals surface area contributed by atoms with Crippen molar-refractivity contribution in [1.82, 2.24) is 19.9 Å². The van der Waals surface area contributed by atoms with Crippen LogP contribution in [0, 0.1) is 11.6 Å². The number of fused-ring (bicyclic) bond motifs is 1. The Morgan fingerprint density at radius 1 is 1.27 bits per heavy atom. The molecule has 1 aliphatic rings. The van der Waals surface area contributed by atoms with Gasteiger partial charge in [0, 0.05) is 32.4 Å². The first-order valence-corrected chi connectivity index (χ1v) is 10.6. The van der Waals surface area contributed by atoms with Gasteiger partial charge in [-0.1, -0.05) is 0 Å². The highest BCUT2D eigenvalue weighted by Crippen LogP contribution is 2.38. The van der Waals surface area contributed by atoms with E-state index in [1.54, 1.807) is 23.4 Å². The fourth-order valence-corrected chi connectivity index (χ4v) is 4.01. The summed E-state index contributed by atoms with van der Waals surface area (Å²) >= 11 is 5.31. The molecule has 2 atom stereocenters. The van der Waals surface area contributed by atoms with Crippen LogP contribution in [0.3, 0.4) is 0 Å². The maximum Gasteiger partial charge on any atom is 0.180 e. The van der Waals surface area contributed by atoms with Crippen molar-refractivity contribution >= 4 is 34.5 Å². The number of alkyl halides is 1. The maximum absolute atomic E-state index is 14.4. The number of benzene rings is 1. The number of ether oxygens (including phenoxy) is 2. The van der Waals surface area contributed by atoms with Crippen LogP contribution in [0.25, 0.3) is 5.65 Å². The van der Waals surface area contributed by atoms with Gasteiger partial charge in [-0.05, 0) is 36.5 Å². The van der Waals surface area contributed by atoms with E-state index < -0.39 is 30.1 Å². The minimum absolute atomic E-state index is 0.0100. The number of methoxy groups -OCH3 is 2. The Balaban J connectivity index is 1.58. The number of hydrogen-bond acceptors (Lipinski definition) is 6. The average Bonchev–Trinajstić information content (AvgIpc) is 3.39. The minimum Gasteiger partial charge on any atom is -0.357 e. The summed E-state index contributed by atoms with van der Waals surface area (Å²) in [5.41, 5.74) is 1.05.